The fourth-order valence-electron chi connectivity index (χ4n) is 15.0. The molecule has 0 amide bonds. The average Bonchev–Trinajstić information content (AvgIpc) is 3.24. The molecule has 0 fully saturated rings. The maximum Gasteiger partial charge on any atom is 0.0564 e. The third kappa shape index (κ3) is 5.80. The van der Waals surface area contributed by atoms with Gasteiger partial charge in [0.25, 0.3) is 0 Å². The first-order valence-corrected chi connectivity index (χ1v) is 26.3. The quantitative estimate of drug-likeness (QED) is 0.121. The van der Waals surface area contributed by atoms with E-state index in [-0.39, 0.29) is 43.3 Å². The summed E-state index contributed by atoms with van der Waals surface area (Å²) in [6.07, 6.45) is 9.56. The summed E-state index contributed by atoms with van der Waals surface area (Å²) in [7, 11) is 0. The van der Waals surface area contributed by atoms with E-state index in [4.69, 9.17) is 0 Å². The topological polar surface area (TPSA) is 9.86 Å². The number of pyridine rings is 2. The number of hydrogen-bond acceptors (Lipinski definition) is 0. The van der Waals surface area contributed by atoms with Crippen molar-refractivity contribution in [2.45, 2.75) is 212 Å². The molecule has 0 unspecified atom stereocenters. The van der Waals surface area contributed by atoms with Crippen LogP contribution in [0.4, 0.5) is 0 Å². The molecule has 0 bridgehead atoms. The highest BCUT2D eigenvalue weighted by Gasteiger charge is 2.45. The van der Waals surface area contributed by atoms with E-state index in [0.29, 0.717) is 0 Å². The van der Waals surface area contributed by atoms with Crippen molar-refractivity contribution < 1.29 is 0 Å². The van der Waals surface area contributed by atoms with Crippen molar-refractivity contribution in [1.82, 2.24) is 9.13 Å². The van der Waals surface area contributed by atoms with Gasteiger partial charge in [0.05, 0.1) is 22.1 Å². The van der Waals surface area contributed by atoms with E-state index < -0.39 is 0 Å². The smallest absolute Gasteiger partial charge is 0.0564 e. The first-order valence-electron chi connectivity index (χ1n) is 26.3. The van der Waals surface area contributed by atoms with Gasteiger partial charge in [0, 0.05) is 33.3 Å². The summed E-state index contributed by atoms with van der Waals surface area (Å²) in [4.78, 5) is 0. The first kappa shape index (κ1) is 43.7. The number of aryl methyl sites for hydroxylation is 1. The molecule has 348 valence electrons. The molecule has 12 rings (SSSR count). The van der Waals surface area contributed by atoms with Crippen LogP contribution >= 0.6 is 0 Å². The van der Waals surface area contributed by atoms with Crippen molar-refractivity contribution >= 4 is 43.6 Å². The van der Waals surface area contributed by atoms with Gasteiger partial charge in [-0.1, -0.05) is 123 Å². The van der Waals surface area contributed by atoms with E-state index in [0.717, 1.165) is 0 Å². The fraction of sp³-hybridized carbons (Fsp3) is 0.508. The lowest BCUT2D eigenvalue weighted by Crippen LogP contribution is -2.35. The van der Waals surface area contributed by atoms with E-state index in [1.807, 2.05) is 0 Å². The van der Waals surface area contributed by atoms with Crippen LogP contribution in [0.25, 0.3) is 66.1 Å². The Balaban J connectivity index is 1.36. The van der Waals surface area contributed by atoms with Gasteiger partial charge >= 0.3 is 0 Å². The number of hydrogen-bond donors (Lipinski definition) is 0. The first-order chi connectivity index (χ1) is 31.1. The Morgan fingerprint density at radius 1 is 0.313 bits per heavy atom. The maximum absolute atomic E-state index is 2.77. The zero-order valence-corrected chi connectivity index (χ0v) is 44.4. The molecular weight excluding hydrogens is 809 g/mol. The highest BCUT2D eigenvalue weighted by atomic mass is 15.0. The largest absolute Gasteiger partial charge is 0.309 e. The van der Waals surface area contributed by atoms with E-state index in [1.54, 1.807) is 22.3 Å². The molecule has 4 aliphatic carbocycles. The van der Waals surface area contributed by atoms with Gasteiger partial charge in [0.1, 0.15) is 0 Å². The molecule has 0 atom stereocenters. The van der Waals surface area contributed by atoms with Gasteiger partial charge in [-0.15, -0.1) is 0 Å². The lowest BCUT2D eigenvalue weighted by molar-refractivity contribution is 0.332. The molecule has 0 radical (unpaired) electrons. The predicted octanol–water partition coefficient (Wildman–Crippen LogP) is 18.1. The number of fused-ring (bicyclic) bond motifs is 6. The van der Waals surface area contributed by atoms with Crippen molar-refractivity contribution in [3.05, 3.63) is 117 Å². The molecule has 2 nitrogen and oxygen atoms in total. The van der Waals surface area contributed by atoms with E-state index in [9.17, 15) is 0 Å². The fourth-order valence-corrected chi connectivity index (χ4v) is 15.0. The van der Waals surface area contributed by atoms with Gasteiger partial charge < -0.3 is 9.13 Å². The Hall–Kier alpha value is -4.56. The minimum Gasteiger partial charge on any atom is -0.309 e. The molecular formula is C65H78N2. The second kappa shape index (κ2) is 13.0. The normalized spacial score (nSPS) is 22.6. The summed E-state index contributed by atoms with van der Waals surface area (Å²) < 4.78 is 5.49. The molecule has 2 heteroatoms. The molecule has 6 aromatic rings. The third-order valence-electron chi connectivity index (χ3n) is 19.7. The molecule has 6 aromatic carbocycles. The summed E-state index contributed by atoms with van der Waals surface area (Å²) >= 11 is 0. The average molecular weight is 887 g/mol. The van der Waals surface area contributed by atoms with Crippen LogP contribution in [-0.2, 0) is 43.3 Å². The summed E-state index contributed by atoms with van der Waals surface area (Å²) in [5.41, 5.74) is 25.1. The van der Waals surface area contributed by atoms with Crippen molar-refractivity contribution in [2.75, 3.05) is 0 Å². The summed E-state index contributed by atoms with van der Waals surface area (Å²) in [5.74, 6) is 0. The highest BCUT2D eigenvalue weighted by Crippen LogP contribution is 2.60. The van der Waals surface area contributed by atoms with Crippen molar-refractivity contribution in [1.29, 1.82) is 0 Å². The van der Waals surface area contributed by atoms with Crippen LogP contribution in [-0.4, -0.2) is 9.13 Å². The Bertz CT molecular complexity index is 3190. The van der Waals surface area contributed by atoms with Gasteiger partial charge in [0.15, 0.2) is 0 Å². The second-order valence-electron chi connectivity index (χ2n) is 28.1. The minimum atomic E-state index is 0.0310. The van der Waals surface area contributed by atoms with Crippen molar-refractivity contribution in [2.24, 2.45) is 0 Å². The molecule has 0 aromatic heterocycles. The van der Waals surface area contributed by atoms with Gasteiger partial charge in [-0.3, -0.25) is 0 Å². The van der Waals surface area contributed by atoms with Crippen LogP contribution in [0, 0.1) is 6.92 Å². The van der Waals surface area contributed by atoms with Crippen molar-refractivity contribution in [3.63, 3.8) is 0 Å². The molecule has 0 spiro atoms. The SMILES string of the molecule is Cc1cc2c3c(c1)n(-c1ccc4c(c1)C(C)(C)CCC4(C)C)c1cc4c(c5cc6c7c(cc(c6c-3c51)n2-c1ccc2c(c1)C(C)(C)CCC2(C)C)C(C)(C)CCC7(C)C)C(C)(C)CCC4(C)C. The Kier molecular flexibility index (Phi) is 8.47. The highest BCUT2D eigenvalue weighted by molar-refractivity contribution is 6.30. The summed E-state index contributed by atoms with van der Waals surface area (Å²) in [6, 6.07) is 28.5. The third-order valence-corrected chi connectivity index (χ3v) is 19.7. The van der Waals surface area contributed by atoms with Crippen LogP contribution < -0.4 is 0 Å². The molecule has 0 saturated heterocycles. The standard InChI is InChI=1S/C65H78N2/c1-37-30-48-54-49(31-37)67(39-19-21-43-45(33-39)61(8,9)25-23-59(43,4)5)51-36-47-57(65(16,17)29-27-63(47,12)13)41-34-40-52(55(54)53(41)51)50(35-46-56(40)64(14,15)28-26-62(46,10)11)66(48)38-18-20-42-44(32-38)60(6,7)24-22-58(42,2)3/h18-21,30-36H,22-29H2,1-17H3. The van der Waals surface area contributed by atoms with Crippen LogP contribution in [0.2, 0.25) is 0 Å². The molecule has 67 heavy (non-hydrogen) atoms. The Morgan fingerprint density at radius 3 is 1.01 bits per heavy atom. The minimum absolute atomic E-state index is 0.0310. The van der Waals surface area contributed by atoms with Crippen LogP contribution in [0.1, 0.15) is 212 Å². The molecule has 0 saturated carbocycles. The van der Waals surface area contributed by atoms with Gasteiger partial charge in [0.2, 0.25) is 0 Å². The number of aromatic nitrogens is 2. The lowest BCUT2D eigenvalue weighted by Gasteiger charge is -2.45. The van der Waals surface area contributed by atoms with Gasteiger partial charge in [-0.05, 0) is 217 Å². The van der Waals surface area contributed by atoms with Crippen LogP contribution in [0.15, 0.2) is 66.7 Å². The zero-order valence-electron chi connectivity index (χ0n) is 44.4. The Morgan fingerprint density at radius 2 is 0.642 bits per heavy atom. The molecule has 6 aliphatic rings. The van der Waals surface area contributed by atoms with Crippen LogP contribution in [0.3, 0.4) is 0 Å². The monoisotopic (exact) mass is 887 g/mol. The maximum atomic E-state index is 2.77. The number of rotatable bonds is 2. The van der Waals surface area contributed by atoms with E-state index >= 15 is 0 Å². The Labute approximate surface area is 402 Å². The lowest BCUT2D eigenvalue weighted by atomic mass is 9.60. The summed E-state index contributed by atoms with van der Waals surface area (Å²) in [6.45, 7) is 42.5. The molecule has 0 N–H and O–H groups in total. The van der Waals surface area contributed by atoms with Crippen molar-refractivity contribution in [3.8, 4) is 22.5 Å². The zero-order chi connectivity index (χ0) is 47.7. The molecule has 2 heterocycles. The number of nitrogens with zero attached hydrogens (tertiary/aromatic N) is 2. The van der Waals surface area contributed by atoms with E-state index in [1.165, 1.54) is 145 Å². The predicted molar refractivity (Wildman–Crippen MR) is 289 cm³/mol. The van der Waals surface area contributed by atoms with Gasteiger partial charge in [-0.25, -0.2) is 0 Å². The second-order valence-corrected chi connectivity index (χ2v) is 28.1. The van der Waals surface area contributed by atoms with Crippen LogP contribution in [0.5, 0.6) is 0 Å². The van der Waals surface area contributed by atoms with E-state index in [2.05, 4.69) is 194 Å². The van der Waals surface area contributed by atoms with Gasteiger partial charge in [-0.2, -0.15) is 0 Å². The molecule has 2 aliphatic heterocycles. The summed E-state index contributed by atoms with van der Waals surface area (Å²) in [5, 5.41) is 5.88. The number of benzene rings is 6.